The predicted molar refractivity (Wildman–Crippen MR) is 87.3 cm³/mol. The van der Waals surface area contributed by atoms with E-state index in [1.165, 1.54) is 12.1 Å². The van der Waals surface area contributed by atoms with Gasteiger partial charge in [0.15, 0.2) is 6.61 Å². The van der Waals surface area contributed by atoms with E-state index in [9.17, 15) is 18.0 Å². The lowest BCUT2D eigenvalue weighted by Crippen LogP contribution is -2.27. The minimum atomic E-state index is -4.35. The highest BCUT2D eigenvalue weighted by molar-refractivity contribution is 5.85. The molecular weight excluding hydrogens is 345 g/mol. The van der Waals surface area contributed by atoms with Crippen molar-refractivity contribution in [2.75, 3.05) is 13.2 Å². The number of carbonyl (C=O) groups excluding carboxylic acids is 1. The zero-order chi connectivity index (χ0) is 16.7. The molecular formula is C16H22ClF3N2O2. The summed E-state index contributed by atoms with van der Waals surface area (Å²) < 4.78 is 40.7. The van der Waals surface area contributed by atoms with Gasteiger partial charge in [0.1, 0.15) is 5.75 Å². The van der Waals surface area contributed by atoms with E-state index < -0.39 is 12.8 Å². The monoisotopic (exact) mass is 366 g/mol. The SMILES string of the molecule is Cl.O=C(CCC1CCCN1)NCc1ccc(OCC(F)(F)F)cc1. The molecule has 0 aliphatic carbocycles. The molecule has 1 aromatic carbocycles. The molecule has 1 aliphatic rings. The first-order valence-corrected chi connectivity index (χ1v) is 7.71. The van der Waals surface area contributed by atoms with Crippen molar-refractivity contribution in [2.45, 2.75) is 44.4 Å². The molecule has 1 unspecified atom stereocenters. The molecule has 1 saturated heterocycles. The molecule has 136 valence electrons. The lowest BCUT2D eigenvalue weighted by Gasteiger charge is -2.11. The largest absolute Gasteiger partial charge is 0.484 e. The fourth-order valence-electron chi connectivity index (χ4n) is 2.47. The highest BCUT2D eigenvalue weighted by Gasteiger charge is 2.28. The van der Waals surface area contributed by atoms with Crippen LogP contribution in [-0.4, -0.2) is 31.3 Å². The summed E-state index contributed by atoms with van der Waals surface area (Å²) in [7, 11) is 0. The molecule has 1 heterocycles. The predicted octanol–water partition coefficient (Wildman–Crippen LogP) is 3.20. The average Bonchev–Trinajstić information content (AvgIpc) is 3.02. The maximum atomic E-state index is 12.0. The molecule has 2 rings (SSSR count). The van der Waals surface area contributed by atoms with Crippen molar-refractivity contribution in [3.63, 3.8) is 0 Å². The number of benzene rings is 1. The quantitative estimate of drug-likeness (QED) is 0.779. The van der Waals surface area contributed by atoms with Gasteiger partial charge < -0.3 is 15.4 Å². The first-order valence-electron chi connectivity index (χ1n) is 7.71. The van der Waals surface area contributed by atoms with Crippen LogP contribution in [0.1, 0.15) is 31.2 Å². The lowest BCUT2D eigenvalue weighted by molar-refractivity contribution is -0.153. The van der Waals surface area contributed by atoms with Crippen LogP contribution in [0.4, 0.5) is 13.2 Å². The van der Waals surface area contributed by atoms with E-state index in [1.54, 1.807) is 12.1 Å². The van der Waals surface area contributed by atoms with Crippen molar-refractivity contribution < 1.29 is 22.7 Å². The Bertz CT molecular complexity index is 503. The van der Waals surface area contributed by atoms with Gasteiger partial charge in [-0.25, -0.2) is 0 Å². The Morgan fingerprint density at radius 3 is 2.58 bits per heavy atom. The first-order chi connectivity index (χ1) is 10.9. The fourth-order valence-corrected chi connectivity index (χ4v) is 2.47. The molecule has 1 aromatic rings. The Kier molecular flexibility index (Phi) is 8.35. The maximum Gasteiger partial charge on any atom is 0.422 e. The van der Waals surface area contributed by atoms with Gasteiger partial charge in [-0.1, -0.05) is 12.1 Å². The van der Waals surface area contributed by atoms with Crippen LogP contribution in [0.3, 0.4) is 0 Å². The molecule has 4 nitrogen and oxygen atoms in total. The molecule has 0 spiro atoms. The Morgan fingerprint density at radius 1 is 1.29 bits per heavy atom. The van der Waals surface area contributed by atoms with Crippen LogP contribution >= 0.6 is 12.4 Å². The van der Waals surface area contributed by atoms with Crippen molar-refractivity contribution in [3.8, 4) is 5.75 Å². The molecule has 24 heavy (non-hydrogen) atoms. The van der Waals surface area contributed by atoms with Gasteiger partial charge in [0.25, 0.3) is 0 Å². The van der Waals surface area contributed by atoms with Gasteiger partial charge in [0.2, 0.25) is 5.91 Å². The van der Waals surface area contributed by atoms with Crippen LogP contribution in [0.2, 0.25) is 0 Å². The molecule has 1 fully saturated rings. The Labute approximate surface area is 145 Å². The van der Waals surface area contributed by atoms with E-state index in [0.717, 1.165) is 31.4 Å². The third kappa shape index (κ3) is 7.88. The first kappa shape index (κ1) is 20.6. The number of alkyl halides is 3. The summed E-state index contributed by atoms with van der Waals surface area (Å²) in [5, 5.41) is 6.15. The molecule has 1 amide bonds. The third-order valence-electron chi connectivity index (χ3n) is 3.70. The molecule has 0 aromatic heterocycles. The van der Waals surface area contributed by atoms with Gasteiger partial charge >= 0.3 is 6.18 Å². The smallest absolute Gasteiger partial charge is 0.422 e. The Balaban J connectivity index is 0.00000288. The summed E-state index contributed by atoms with van der Waals surface area (Å²) in [6.07, 6.45) is -0.761. The summed E-state index contributed by atoms with van der Waals surface area (Å²) in [6.45, 7) is 0.0732. The minimum Gasteiger partial charge on any atom is -0.484 e. The van der Waals surface area contributed by atoms with Crippen LogP contribution < -0.4 is 15.4 Å². The molecule has 1 atom stereocenters. The summed E-state index contributed by atoms with van der Waals surface area (Å²) >= 11 is 0. The van der Waals surface area contributed by atoms with Crippen molar-refractivity contribution in [2.24, 2.45) is 0 Å². The number of carbonyl (C=O) groups is 1. The van der Waals surface area contributed by atoms with E-state index in [1.807, 2.05) is 0 Å². The van der Waals surface area contributed by atoms with Crippen molar-refractivity contribution in [1.29, 1.82) is 0 Å². The molecule has 0 bridgehead atoms. The average molecular weight is 367 g/mol. The lowest BCUT2D eigenvalue weighted by atomic mass is 10.1. The van der Waals surface area contributed by atoms with Gasteiger partial charge in [0, 0.05) is 19.0 Å². The zero-order valence-corrected chi connectivity index (χ0v) is 14.0. The summed E-state index contributed by atoms with van der Waals surface area (Å²) in [4.78, 5) is 11.8. The molecule has 0 radical (unpaired) electrons. The number of ether oxygens (including phenoxy) is 1. The number of rotatable bonds is 7. The normalized spacial score (nSPS) is 17.2. The zero-order valence-electron chi connectivity index (χ0n) is 13.2. The van der Waals surface area contributed by atoms with Gasteiger partial charge in [-0.05, 0) is 43.5 Å². The standard InChI is InChI=1S/C16H21F3N2O2.ClH/c17-16(18,19)11-23-14-6-3-12(4-7-14)10-21-15(22)8-5-13-2-1-9-20-13;/h3-4,6-7,13,20H,1-2,5,8-11H2,(H,21,22);1H. The van der Waals surface area contributed by atoms with E-state index in [-0.39, 0.29) is 24.1 Å². The van der Waals surface area contributed by atoms with E-state index in [4.69, 9.17) is 0 Å². The Hall–Kier alpha value is -1.47. The number of hydrogen-bond donors (Lipinski definition) is 2. The third-order valence-corrected chi connectivity index (χ3v) is 3.70. The fraction of sp³-hybridized carbons (Fsp3) is 0.562. The maximum absolute atomic E-state index is 12.0. The minimum absolute atomic E-state index is 0. The van der Waals surface area contributed by atoms with Crippen LogP contribution in [0.25, 0.3) is 0 Å². The van der Waals surface area contributed by atoms with Crippen LogP contribution in [0.5, 0.6) is 5.75 Å². The highest BCUT2D eigenvalue weighted by atomic mass is 35.5. The summed E-state index contributed by atoms with van der Waals surface area (Å²) in [6, 6.07) is 6.66. The second-order valence-electron chi connectivity index (χ2n) is 5.66. The van der Waals surface area contributed by atoms with E-state index >= 15 is 0 Å². The van der Waals surface area contributed by atoms with Crippen LogP contribution in [0, 0.1) is 0 Å². The topological polar surface area (TPSA) is 50.4 Å². The van der Waals surface area contributed by atoms with Crippen molar-refractivity contribution in [3.05, 3.63) is 29.8 Å². The summed E-state index contributed by atoms with van der Waals surface area (Å²) in [5.41, 5.74) is 0.816. The van der Waals surface area contributed by atoms with Crippen molar-refractivity contribution >= 4 is 18.3 Å². The Morgan fingerprint density at radius 2 is 2.00 bits per heavy atom. The molecule has 1 aliphatic heterocycles. The second kappa shape index (κ2) is 9.74. The molecule has 2 N–H and O–H groups in total. The van der Waals surface area contributed by atoms with Crippen LogP contribution in [-0.2, 0) is 11.3 Å². The summed E-state index contributed by atoms with van der Waals surface area (Å²) in [5.74, 6) is 0.140. The molecule has 0 saturated carbocycles. The van der Waals surface area contributed by atoms with Gasteiger partial charge in [-0.3, -0.25) is 4.79 Å². The number of nitrogens with one attached hydrogen (secondary N) is 2. The number of hydrogen-bond acceptors (Lipinski definition) is 3. The van der Waals surface area contributed by atoms with Gasteiger partial charge in [-0.2, -0.15) is 13.2 Å². The molecule has 8 heteroatoms. The van der Waals surface area contributed by atoms with Crippen molar-refractivity contribution in [1.82, 2.24) is 10.6 Å². The highest BCUT2D eigenvalue weighted by Crippen LogP contribution is 2.18. The second-order valence-corrected chi connectivity index (χ2v) is 5.66. The number of amides is 1. The van der Waals surface area contributed by atoms with Gasteiger partial charge in [0.05, 0.1) is 0 Å². The van der Waals surface area contributed by atoms with E-state index in [0.29, 0.717) is 19.0 Å². The van der Waals surface area contributed by atoms with Gasteiger partial charge in [-0.15, -0.1) is 12.4 Å². The van der Waals surface area contributed by atoms with Crippen LogP contribution in [0.15, 0.2) is 24.3 Å². The number of halogens is 4. The van der Waals surface area contributed by atoms with E-state index in [2.05, 4.69) is 15.4 Å².